The Hall–Kier alpha value is -3.81. The fraction of sp³-hybridized carbons (Fsp3) is 0.0526. The molecular weight excluding hydrogens is 563 g/mol. The summed E-state index contributed by atoms with van der Waals surface area (Å²) in [4.78, 5) is 0. The van der Waals surface area contributed by atoms with Gasteiger partial charge in [-0.15, -0.1) is 0 Å². The van der Waals surface area contributed by atoms with Crippen LogP contribution in [0.3, 0.4) is 0 Å². The monoisotopic (exact) mass is 588 g/mol. The molecular formula is C38H27Cl3. The Morgan fingerprint density at radius 2 is 0.951 bits per heavy atom. The first-order valence-electron chi connectivity index (χ1n) is 13.5. The van der Waals surface area contributed by atoms with Crippen LogP contribution in [-0.2, 0) is 0 Å². The number of halogens is 3. The van der Waals surface area contributed by atoms with Gasteiger partial charge in [0.25, 0.3) is 0 Å². The second-order valence-electron chi connectivity index (χ2n) is 10.2. The summed E-state index contributed by atoms with van der Waals surface area (Å²) in [5.41, 5.74) is 13.3. The van der Waals surface area contributed by atoms with Crippen LogP contribution < -0.4 is 0 Å². The summed E-state index contributed by atoms with van der Waals surface area (Å²) in [7, 11) is 0. The minimum absolute atomic E-state index is 0.685. The Labute approximate surface area is 256 Å². The highest BCUT2D eigenvalue weighted by Crippen LogP contribution is 2.54. The fourth-order valence-corrected chi connectivity index (χ4v) is 6.35. The maximum absolute atomic E-state index is 7.02. The van der Waals surface area contributed by atoms with E-state index >= 15 is 0 Å². The lowest BCUT2D eigenvalue weighted by Crippen LogP contribution is -2.02. The van der Waals surface area contributed by atoms with Crippen molar-refractivity contribution in [3.8, 4) is 55.6 Å². The Kier molecular flexibility index (Phi) is 7.73. The molecule has 6 rings (SSSR count). The van der Waals surface area contributed by atoms with E-state index in [0.717, 1.165) is 55.6 Å². The van der Waals surface area contributed by atoms with Crippen LogP contribution in [0, 0.1) is 13.8 Å². The van der Waals surface area contributed by atoms with E-state index in [1.807, 2.05) is 48.5 Å². The molecule has 0 aliphatic rings. The molecule has 200 valence electrons. The molecule has 0 saturated heterocycles. The van der Waals surface area contributed by atoms with E-state index < -0.39 is 0 Å². The number of aryl methyl sites for hydroxylation is 1. The van der Waals surface area contributed by atoms with E-state index in [0.29, 0.717) is 15.1 Å². The summed E-state index contributed by atoms with van der Waals surface area (Å²) in [6, 6.07) is 43.5. The highest BCUT2D eigenvalue weighted by atomic mass is 35.5. The van der Waals surface area contributed by atoms with Gasteiger partial charge in [-0.1, -0.05) is 132 Å². The molecule has 0 heterocycles. The minimum Gasteiger partial charge on any atom is -0.0843 e. The van der Waals surface area contributed by atoms with Crippen molar-refractivity contribution < 1.29 is 0 Å². The van der Waals surface area contributed by atoms with Gasteiger partial charge in [0.1, 0.15) is 0 Å². The molecule has 0 fully saturated rings. The highest BCUT2D eigenvalue weighted by Gasteiger charge is 2.28. The lowest BCUT2D eigenvalue weighted by Gasteiger charge is -2.28. The SMILES string of the molecule is Cc1ccccc1-c1c(-c2ccc(Cl)cc2)c(C)c(-c2cccc(Cl)c2)c(-c2ccccc2Cl)c1-c1ccccc1. The standard InChI is InChI=1S/C38H27Cl3/c1-24-11-6-7-16-31(24)37-34(27-19-21-29(39)22-20-27)25(2)35(28-14-10-15-30(40)23-28)38(32-17-8-9-18-33(32)41)36(37)26-12-4-3-5-13-26/h3-23H,1-2H3. The molecule has 0 aliphatic carbocycles. The second-order valence-corrected chi connectivity index (χ2v) is 11.5. The Morgan fingerprint density at radius 1 is 0.390 bits per heavy atom. The zero-order chi connectivity index (χ0) is 28.5. The van der Waals surface area contributed by atoms with E-state index in [1.54, 1.807) is 0 Å². The zero-order valence-corrected chi connectivity index (χ0v) is 25.0. The van der Waals surface area contributed by atoms with Crippen LogP contribution >= 0.6 is 34.8 Å². The van der Waals surface area contributed by atoms with Crippen LogP contribution in [0.2, 0.25) is 15.1 Å². The predicted octanol–water partition coefficient (Wildman–Crippen LogP) is 12.6. The van der Waals surface area contributed by atoms with Crippen molar-refractivity contribution >= 4 is 34.8 Å². The molecule has 0 aromatic heterocycles. The van der Waals surface area contributed by atoms with Crippen LogP contribution in [0.5, 0.6) is 0 Å². The summed E-state index contributed by atoms with van der Waals surface area (Å²) in [6.07, 6.45) is 0. The fourth-order valence-electron chi connectivity index (χ4n) is 5.81. The van der Waals surface area contributed by atoms with Gasteiger partial charge in [0.15, 0.2) is 0 Å². The van der Waals surface area contributed by atoms with Crippen LogP contribution in [0.1, 0.15) is 11.1 Å². The van der Waals surface area contributed by atoms with Gasteiger partial charge in [-0.25, -0.2) is 0 Å². The molecule has 0 bridgehead atoms. The van der Waals surface area contributed by atoms with Crippen molar-refractivity contribution in [2.24, 2.45) is 0 Å². The normalized spacial score (nSPS) is 11.0. The van der Waals surface area contributed by atoms with Crippen LogP contribution in [0.25, 0.3) is 55.6 Å². The predicted molar refractivity (Wildman–Crippen MR) is 178 cm³/mol. The summed E-state index contributed by atoms with van der Waals surface area (Å²) >= 11 is 20.0. The molecule has 0 unspecified atom stereocenters. The molecule has 0 aliphatic heterocycles. The molecule has 41 heavy (non-hydrogen) atoms. The topological polar surface area (TPSA) is 0 Å². The third-order valence-electron chi connectivity index (χ3n) is 7.62. The molecule has 0 radical (unpaired) electrons. The first-order chi connectivity index (χ1) is 19.9. The van der Waals surface area contributed by atoms with Gasteiger partial charge in [-0.05, 0) is 105 Å². The minimum atomic E-state index is 0.685. The quantitative estimate of drug-likeness (QED) is 0.188. The maximum atomic E-state index is 7.02. The second kappa shape index (κ2) is 11.6. The number of hydrogen-bond donors (Lipinski definition) is 0. The van der Waals surface area contributed by atoms with Crippen molar-refractivity contribution in [3.05, 3.63) is 154 Å². The third-order valence-corrected chi connectivity index (χ3v) is 8.43. The van der Waals surface area contributed by atoms with Crippen LogP contribution in [0.15, 0.2) is 127 Å². The average Bonchev–Trinajstić information content (AvgIpc) is 2.98. The molecule has 0 nitrogen and oxygen atoms in total. The summed E-state index contributed by atoms with van der Waals surface area (Å²) < 4.78 is 0. The van der Waals surface area contributed by atoms with Crippen molar-refractivity contribution in [1.82, 2.24) is 0 Å². The molecule has 0 N–H and O–H groups in total. The molecule has 0 atom stereocenters. The molecule has 6 aromatic carbocycles. The number of hydrogen-bond acceptors (Lipinski definition) is 0. The smallest absolute Gasteiger partial charge is 0.0484 e. The van der Waals surface area contributed by atoms with Gasteiger partial charge in [0.05, 0.1) is 0 Å². The average molecular weight is 590 g/mol. The Morgan fingerprint density at radius 3 is 1.63 bits per heavy atom. The summed E-state index contributed by atoms with van der Waals surface area (Å²) in [5, 5.41) is 2.08. The largest absolute Gasteiger partial charge is 0.0843 e. The third kappa shape index (κ3) is 5.20. The van der Waals surface area contributed by atoms with E-state index in [1.165, 1.54) is 11.1 Å². The van der Waals surface area contributed by atoms with Crippen molar-refractivity contribution in [2.75, 3.05) is 0 Å². The van der Waals surface area contributed by atoms with Gasteiger partial charge in [-0.2, -0.15) is 0 Å². The van der Waals surface area contributed by atoms with E-state index in [9.17, 15) is 0 Å². The molecule has 0 spiro atoms. The van der Waals surface area contributed by atoms with Crippen LogP contribution in [0.4, 0.5) is 0 Å². The van der Waals surface area contributed by atoms with Crippen molar-refractivity contribution in [1.29, 1.82) is 0 Å². The summed E-state index contributed by atoms with van der Waals surface area (Å²) in [6.45, 7) is 4.38. The molecule has 0 amide bonds. The highest BCUT2D eigenvalue weighted by molar-refractivity contribution is 6.34. The van der Waals surface area contributed by atoms with E-state index in [2.05, 4.69) is 92.7 Å². The Bertz CT molecular complexity index is 1870. The Balaban J connectivity index is 1.93. The first-order valence-corrected chi connectivity index (χ1v) is 14.7. The molecule has 0 saturated carbocycles. The van der Waals surface area contributed by atoms with Gasteiger partial charge in [0, 0.05) is 20.6 Å². The van der Waals surface area contributed by atoms with E-state index in [4.69, 9.17) is 34.8 Å². The molecule has 3 heteroatoms. The molecule has 6 aromatic rings. The van der Waals surface area contributed by atoms with Gasteiger partial charge in [0.2, 0.25) is 0 Å². The lowest BCUT2D eigenvalue weighted by molar-refractivity contribution is 1.41. The van der Waals surface area contributed by atoms with Crippen molar-refractivity contribution in [2.45, 2.75) is 13.8 Å². The van der Waals surface area contributed by atoms with E-state index in [-0.39, 0.29) is 0 Å². The number of rotatable bonds is 5. The lowest BCUT2D eigenvalue weighted by atomic mass is 9.75. The number of benzene rings is 6. The van der Waals surface area contributed by atoms with Gasteiger partial charge < -0.3 is 0 Å². The maximum Gasteiger partial charge on any atom is 0.0484 e. The van der Waals surface area contributed by atoms with Gasteiger partial charge in [-0.3, -0.25) is 0 Å². The van der Waals surface area contributed by atoms with Crippen LogP contribution in [-0.4, -0.2) is 0 Å². The van der Waals surface area contributed by atoms with Gasteiger partial charge >= 0.3 is 0 Å². The van der Waals surface area contributed by atoms with Crippen molar-refractivity contribution in [3.63, 3.8) is 0 Å². The first kappa shape index (κ1) is 27.4. The summed E-state index contributed by atoms with van der Waals surface area (Å²) in [5.74, 6) is 0. The zero-order valence-electron chi connectivity index (χ0n) is 22.8.